The van der Waals surface area contributed by atoms with E-state index >= 15 is 0 Å². The number of imidazole rings is 1. The van der Waals surface area contributed by atoms with Crippen molar-refractivity contribution in [3.63, 3.8) is 0 Å². The molecule has 0 radical (unpaired) electrons. The SMILES string of the molecule is O=C1[C@H]2CC=CC[C@H]2C(=O)N1Cc1cnc[nH]1. The average Bonchev–Trinajstić information content (AvgIpc) is 2.94. The van der Waals surface area contributed by atoms with E-state index in [4.69, 9.17) is 0 Å². The van der Waals surface area contributed by atoms with E-state index in [1.54, 1.807) is 12.5 Å². The molecule has 3 rings (SSSR count). The molecule has 1 aliphatic heterocycles. The van der Waals surface area contributed by atoms with Crippen LogP contribution in [0.25, 0.3) is 0 Å². The number of fused-ring (bicyclic) bond motifs is 1. The lowest BCUT2D eigenvalue weighted by Crippen LogP contribution is -2.30. The van der Waals surface area contributed by atoms with E-state index < -0.39 is 0 Å². The molecule has 17 heavy (non-hydrogen) atoms. The maximum absolute atomic E-state index is 12.1. The first-order valence-electron chi connectivity index (χ1n) is 5.75. The second-order valence-electron chi connectivity index (χ2n) is 4.50. The highest BCUT2D eigenvalue weighted by Crippen LogP contribution is 2.35. The van der Waals surface area contributed by atoms with Gasteiger partial charge in [-0.15, -0.1) is 0 Å². The summed E-state index contributed by atoms with van der Waals surface area (Å²) < 4.78 is 0. The number of H-pyrrole nitrogens is 1. The summed E-state index contributed by atoms with van der Waals surface area (Å²) in [6, 6.07) is 0. The Bertz CT molecular complexity index is 452. The standard InChI is InChI=1S/C12H13N3O2/c16-11-9-3-1-2-4-10(9)12(17)15(11)6-8-5-13-7-14-8/h1-2,5,7,9-10H,3-4,6H2,(H,13,14)/t9-,10+. The van der Waals surface area contributed by atoms with Crippen LogP contribution in [0.5, 0.6) is 0 Å². The first kappa shape index (κ1) is 10.3. The maximum atomic E-state index is 12.1. The third kappa shape index (κ3) is 1.58. The van der Waals surface area contributed by atoms with Crippen LogP contribution in [0.3, 0.4) is 0 Å². The molecule has 1 aromatic heterocycles. The Hall–Kier alpha value is -1.91. The lowest BCUT2D eigenvalue weighted by atomic mass is 9.85. The number of hydrogen-bond donors (Lipinski definition) is 1. The van der Waals surface area contributed by atoms with Crippen molar-refractivity contribution in [2.45, 2.75) is 19.4 Å². The zero-order chi connectivity index (χ0) is 11.8. The second-order valence-corrected chi connectivity index (χ2v) is 4.50. The molecule has 0 aromatic carbocycles. The van der Waals surface area contributed by atoms with Crippen LogP contribution in [0, 0.1) is 11.8 Å². The first-order valence-corrected chi connectivity index (χ1v) is 5.75. The number of aromatic amines is 1. The number of rotatable bonds is 2. The quantitative estimate of drug-likeness (QED) is 0.606. The lowest BCUT2D eigenvalue weighted by molar-refractivity contribution is -0.140. The zero-order valence-electron chi connectivity index (χ0n) is 9.30. The van der Waals surface area contributed by atoms with Crippen molar-refractivity contribution < 1.29 is 9.59 Å². The third-order valence-corrected chi connectivity index (χ3v) is 3.48. The molecule has 2 aliphatic rings. The Morgan fingerprint density at radius 2 is 1.88 bits per heavy atom. The van der Waals surface area contributed by atoms with E-state index in [2.05, 4.69) is 9.97 Å². The molecule has 1 aliphatic carbocycles. The fourth-order valence-corrected chi connectivity index (χ4v) is 2.57. The zero-order valence-corrected chi connectivity index (χ0v) is 9.30. The van der Waals surface area contributed by atoms with Gasteiger partial charge < -0.3 is 4.98 Å². The van der Waals surface area contributed by atoms with E-state index in [-0.39, 0.29) is 23.7 Å². The van der Waals surface area contributed by atoms with Crippen LogP contribution in [0.4, 0.5) is 0 Å². The van der Waals surface area contributed by atoms with E-state index in [0.717, 1.165) is 5.69 Å². The van der Waals surface area contributed by atoms with Crippen molar-refractivity contribution in [1.82, 2.24) is 14.9 Å². The third-order valence-electron chi connectivity index (χ3n) is 3.48. The Kier molecular flexibility index (Phi) is 2.31. The predicted octanol–water partition coefficient (Wildman–Crippen LogP) is 0.861. The summed E-state index contributed by atoms with van der Waals surface area (Å²) in [4.78, 5) is 32.4. The van der Waals surface area contributed by atoms with Gasteiger partial charge in [0.15, 0.2) is 0 Å². The number of hydrogen-bond acceptors (Lipinski definition) is 3. The number of aromatic nitrogens is 2. The number of nitrogens with zero attached hydrogens (tertiary/aromatic N) is 2. The molecule has 2 amide bonds. The molecule has 88 valence electrons. The molecular formula is C12H13N3O2. The van der Waals surface area contributed by atoms with Crippen molar-refractivity contribution in [2.75, 3.05) is 0 Å². The fourth-order valence-electron chi connectivity index (χ4n) is 2.57. The normalized spacial score (nSPS) is 27.6. The largest absolute Gasteiger partial charge is 0.347 e. The lowest BCUT2D eigenvalue weighted by Gasteiger charge is -2.14. The molecule has 1 fully saturated rings. The Morgan fingerprint density at radius 3 is 2.41 bits per heavy atom. The molecule has 1 saturated heterocycles. The summed E-state index contributed by atoms with van der Waals surface area (Å²) in [6.45, 7) is 0.310. The van der Waals surface area contributed by atoms with Gasteiger partial charge in [0.2, 0.25) is 11.8 Å². The van der Waals surface area contributed by atoms with Crippen LogP contribution in [0.2, 0.25) is 0 Å². The topological polar surface area (TPSA) is 66.1 Å². The molecule has 0 saturated carbocycles. The summed E-state index contributed by atoms with van der Waals surface area (Å²) in [6.07, 6.45) is 8.55. The van der Waals surface area contributed by atoms with Gasteiger partial charge >= 0.3 is 0 Å². The van der Waals surface area contributed by atoms with Gasteiger partial charge in [-0.05, 0) is 12.8 Å². The molecule has 0 spiro atoms. The number of amides is 2. The van der Waals surface area contributed by atoms with Crippen molar-refractivity contribution in [3.8, 4) is 0 Å². The molecule has 2 atom stereocenters. The highest BCUT2D eigenvalue weighted by molar-refractivity contribution is 6.05. The van der Waals surface area contributed by atoms with Gasteiger partial charge in [-0.25, -0.2) is 4.98 Å². The van der Waals surface area contributed by atoms with E-state index in [1.807, 2.05) is 12.2 Å². The predicted molar refractivity (Wildman–Crippen MR) is 59.5 cm³/mol. The summed E-state index contributed by atoms with van der Waals surface area (Å²) in [5, 5.41) is 0. The van der Waals surface area contributed by atoms with Crippen molar-refractivity contribution >= 4 is 11.8 Å². The first-order chi connectivity index (χ1) is 8.27. The highest BCUT2D eigenvalue weighted by atomic mass is 16.2. The fraction of sp³-hybridized carbons (Fsp3) is 0.417. The molecule has 5 nitrogen and oxygen atoms in total. The van der Waals surface area contributed by atoms with Crippen molar-refractivity contribution in [3.05, 3.63) is 30.4 Å². The van der Waals surface area contributed by atoms with Crippen LogP contribution in [-0.4, -0.2) is 26.7 Å². The summed E-state index contributed by atoms with van der Waals surface area (Å²) in [5.74, 6) is -0.372. The van der Waals surface area contributed by atoms with E-state index in [9.17, 15) is 9.59 Å². The molecular weight excluding hydrogens is 218 g/mol. The summed E-state index contributed by atoms with van der Waals surface area (Å²) >= 11 is 0. The Labute approximate surface area is 98.5 Å². The monoisotopic (exact) mass is 231 g/mol. The van der Waals surface area contributed by atoms with Gasteiger partial charge in [0.25, 0.3) is 0 Å². The molecule has 0 bridgehead atoms. The van der Waals surface area contributed by atoms with Gasteiger partial charge in [0, 0.05) is 6.20 Å². The minimum Gasteiger partial charge on any atom is -0.347 e. The summed E-state index contributed by atoms with van der Waals surface area (Å²) in [7, 11) is 0. The van der Waals surface area contributed by atoms with E-state index in [0.29, 0.717) is 19.4 Å². The molecule has 5 heteroatoms. The van der Waals surface area contributed by atoms with Crippen LogP contribution in [0.1, 0.15) is 18.5 Å². The number of allylic oxidation sites excluding steroid dienone is 2. The minimum absolute atomic E-state index is 0.0426. The summed E-state index contributed by atoms with van der Waals surface area (Å²) in [5.41, 5.74) is 0.790. The van der Waals surface area contributed by atoms with Crippen LogP contribution in [-0.2, 0) is 16.1 Å². The number of carbonyl (C=O) groups excluding carboxylic acids is 2. The van der Waals surface area contributed by atoms with Crippen molar-refractivity contribution in [2.24, 2.45) is 11.8 Å². The average molecular weight is 231 g/mol. The number of imide groups is 1. The number of nitrogens with one attached hydrogen (secondary N) is 1. The van der Waals surface area contributed by atoms with Crippen LogP contribution in [0.15, 0.2) is 24.7 Å². The smallest absolute Gasteiger partial charge is 0.233 e. The number of carbonyl (C=O) groups is 2. The van der Waals surface area contributed by atoms with Gasteiger partial charge in [0.1, 0.15) is 0 Å². The van der Waals surface area contributed by atoms with E-state index in [1.165, 1.54) is 4.90 Å². The van der Waals surface area contributed by atoms with Gasteiger partial charge in [-0.3, -0.25) is 14.5 Å². The van der Waals surface area contributed by atoms with Crippen molar-refractivity contribution in [1.29, 1.82) is 0 Å². The molecule has 0 unspecified atom stereocenters. The second kappa shape index (κ2) is 3.84. The van der Waals surface area contributed by atoms with Gasteiger partial charge in [-0.1, -0.05) is 12.2 Å². The minimum atomic E-state index is -0.143. The number of likely N-dealkylation sites (tertiary alicyclic amines) is 1. The molecule has 1 aromatic rings. The maximum Gasteiger partial charge on any atom is 0.233 e. The van der Waals surface area contributed by atoms with Crippen LogP contribution >= 0.6 is 0 Å². The molecule has 2 heterocycles. The Morgan fingerprint density at radius 1 is 1.24 bits per heavy atom. The highest BCUT2D eigenvalue weighted by Gasteiger charge is 2.47. The van der Waals surface area contributed by atoms with Gasteiger partial charge in [0.05, 0.1) is 30.4 Å². The van der Waals surface area contributed by atoms with Gasteiger partial charge in [-0.2, -0.15) is 0 Å². The van der Waals surface area contributed by atoms with Crippen LogP contribution < -0.4 is 0 Å². The Balaban J connectivity index is 1.82. The molecule has 1 N–H and O–H groups in total.